The maximum atomic E-state index is 14.2. The molecule has 0 aliphatic rings. The van der Waals surface area contributed by atoms with Gasteiger partial charge in [0.1, 0.15) is 18.3 Å². The minimum absolute atomic E-state index is 0.0238. The van der Waals surface area contributed by atoms with Crippen LogP contribution in [-0.4, -0.2) is 51.4 Å². The zero-order valence-corrected chi connectivity index (χ0v) is 25.7. The van der Waals surface area contributed by atoms with Crippen LogP contribution in [0.2, 0.25) is 5.02 Å². The molecular weight excluding hydrogens is 562 g/mol. The predicted octanol–water partition coefficient (Wildman–Crippen LogP) is 5.43. The van der Waals surface area contributed by atoms with E-state index < -0.39 is 28.5 Å². The lowest BCUT2D eigenvalue weighted by molar-refractivity contribution is -0.140. The van der Waals surface area contributed by atoms with Crippen molar-refractivity contribution in [3.63, 3.8) is 0 Å². The Morgan fingerprint density at radius 1 is 1.00 bits per heavy atom. The highest BCUT2D eigenvalue weighted by Gasteiger charge is 2.35. The predicted molar refractivity (Wildman–Crippen MR) is 163 cm³/mol. The molecular formula is C31H38ClN3O5S. The van der Waals surface area contributed by atoms with Crippen LogP contribution in [0.4, 0.5) is 5.69 Å². The highest BCUT2D eigenvalue weighted by atomic mass is 35.5. The third kappa shape index (κ3) is 8.01. The number of amides is 2. The van der Waals surface area contributed by atoms with E-state index in [1.54, 1.807) is 60.7 Å². The van der Waals surface area contributed by atoms with E-state index in [1.165, 1.54) is 24.1 Å². The van der Waals surface area contributed by atoms with Gasteiger partial charge in [-0.3, -0.25) is 13.9 Å². The molecule has 0 spiro atoms. The molecule has 1 N–H and O–H groups in total. The fourth-order valence-corrected chi connectivity index (χ4v) is 6.01. The van der Waals surface area contributed by atoms with Crippen LogP contribution in [0.1, 0.15) is 38.3 Å². The van der Waals surface area contributed by atoms with Gasteiger partial charge in [-0.2, -0.15) is 0 Å². The largest absolute Gasteiger partial charge is 0.495 e. The van der Waals surface area contributed by atoms with E-state index in [1.807, 2.05) is 27.7 Å². The summed E-state index contributed by atoms with van der Waals surface area (Å²) in [7, 11) is -2.76. The van der Waals surface area contributed by atoms with Crippen LogP contribution in [-0.2, 0) is 26.2 Å². The van der Waals surface area contributed by atoms with Crippen LogP contribution in [0.15, 0.2) is 77.7 Å². The Bertz CT molecular complexity index is 1450. The molecule has 0 saturated carbocycles. The molecule has 0 aromatic heterocycles. The van der Waals surface area contributed by atoms with Gasteiger partial charge in [0.05, 0.1) is 17.7 Å². The number of methoxy groups -OCH3 is 1. The molecule has 10 heteroatoms. The van der Waals surface area contributed by atoms with Crippen molar-refractivity contribution in [3.05, 3.63) is 88.9 Å². The number of halogens is 1. The molecule has 0 aliphatic heterocycles. The topological polar surface area (TPSA) is 96.0 Å². The minimum atomic E-state index is -4.21. The minimum Gasteiger partial charge on any atom is -0.495 e. The number of anilines is 1. The summed E-state index contributed by atoms with van der Waals surface area (Å²) in [6.45, 7) is 7.51. The number of carbonyl (C=O) groups is 2. The van der Waals surface area contributed by atoms with E-state index in [2.05, 4.69) is 5.32 Å². The second-order valence-corrected chi connectivity index (χ2v) is 12.4. The van der Waals surface area contributed by atoms with Crippen molar-refractivity contribution in [1.82, 2.24) is 10.2 Å². The molecule has 3 rings (SSSR count). The number of carbonyl (C=O) groups excluding carboxylic acids is 2. The van der Waals surface area contributed by atoms with Crippen LogP contribution >= 0.6 is 11.6 Å². The maximum absolute atomic E-state index is 14.2. The Hall–Kier alpha value is -3.56. The maximum Gasteiger partial charge on any atom is 0.264 e. The Balaban J connectivity index is 2.11. The quantitative estimate of drug-likeness (QED) is 0.283. The number of rotatable bonds is 13. The smallest absolute Gasteiger partial charge is 0.264 e. The number of ether oxygens (including phenoxy) is 1. The monoisotopic (exact) mass is 599 g/mol. The Kier molecular flexibility index (Phi) is 11.2. The number of nitrogens with zero attached hydrogens (tertiary/aromatic N) is 2. The zero-order chi connectivity index (χ0) is 30.2. The third-order valence-corrected chi connectivity index (χ3v) is 8.72. The van der Waals surface area contributed by atoms with E-state index >= 15 is 0 Å². The summed E-state index contributed by atoms with van der Waals surface area (Å²) in [4.78, 5) is 29.0. The number of sulfonamides is 1. The molecule has 2 amide bonds. The second kappa shape index (κ2) is 14.4. The molecule has 0 bridgehead atoms. The lowest BCUT2D eigenvalue weighted by Crippen LogP contribution is -2.52. The standard InChI is InChI=1S/C31H38ClN3O5S/c1-6-27(31(37)33-19-22(2)3)34(20-24-12-10-11-15-26(24)32)30(36)21-35(28-18-23(4)16-17-29(28)40-5)41(38,39)25-13-8-7-9-14-25/h7-18,22,27H,6,19-21H2,1-5H3,(H,33,37). The normalized spacial score (nSPS) is 12.1. The van der Waals surface area contributed by atoms with Gasteiger partial charge in [-0.25, -0.2) is 8.42 Å². The second-order valence-electron chi connectivity index (χ2n) is 10.2. The fourth-order valence-electron chi connectivity index (χ4n) is 4.38. The van der Waals surface area contributed by atoms with Gasteiger partial charge in [0.2, 0.25) is 11.8 Å². The lowest BCUT2D eigenvalue weighted by atomic mass is 10.1. The van der Waals surface area contributed by atoms with E-state index in [-0.39, 0.29) is 29.0 Å². The first kappa shape index (κ1) is 32.0. The van der Waals surface area contributed by atoms with Crippen molar-refractivity contribution < 1.29 is 22.7 Å². The van der Waals surface area contributed by atoms with Crippen LogP contribution in [0, 0.1) is 12.8 Å². The van der Waals surface area contributed by atoms with Crippen molar-refractivity contribution in [1.29, 1.82) is 0 Å². The average Bonchev–Trinajstić information content (AvgIpc) is 2.95. The molecule has 3 aromatic rings. The van der Waals surface area contributed by atoms with Gasteiger partial charge in [-0.15, -0.1) is 0 Å². The molecule has 0 fully saturated rings. The van der Waals surface area contributed by atoms with Gasteiger partial charge in [0, 0.05) is 18.1 Å². The zero-order valence-electron chi connectivity index (χ0n) is 24.1. The van der Waals surface area contributed by atoms with Crippen molar-refractivity contribution in [2.45, 2.75) is 51.6 Å². The molecule has 3 aromatic carbocycles. The molecule has 0 radical (unpaired) electrons. The van der Waals surface area contributed by atoms with Crippen LogP contribution in [0.5, 0.6) is 5.75 Å². The fraction of sp³-hybridized carbons (Fsp3) is 0.355. The molecule has 220 valence electrons. The van der Waals surface area contributed by atoms with Crippen LogP contribution < -0.4 is 14.4 Å². The lowest BCUT2D eigenvalue weighted by Gasteiger charge is -2.34. The van der Waals surface area contributed by atoms with Crippen molar-refractivity contribution in [2.24, 2.45) is 5.92 Å². The number of hydrogen-bond acceptors (Lipinski definition) is 5. The van der Waals surface area contributed by atoms with Gasteiger partial charge in [-0.1, -0.05) is 74.8 Å². The molecule has 41 heavy (non-hydrogen) atoms. The average molecular weight is 600 g/mol. The van der Waals surface area contributed by atoms with Gasteiger partial charge >= 0.3 is 0 Å². The van der Waals surface area contributed by atoms with Crippen molar-refractivity contribution in [3.8, 4) is 5.75 Å². The Labute approximate surface area is 248 Å². The number of benzene rings is 3. The molecule has 0 aliphatic carbocycles. The van der Waals surface area contributed by atoms with E-state index in [9.17, 15) is 18.0 Å². The van der Waals surface area contributed by atoms with Crippen LogP contribution in [0.25, 0.3) is 0 Å². The highest BCUT2D eigenvalue weighted by Crippen LogP contribution is 2.34. The summed E-state index contributed by atoms with van der Waals surface area (Å²) in [6.07, 6.45) is 0.319. The highest BCUT2D eigenvalue weighted by molar-refractivity contribution is 7.92. The molecule has 0 saturated heterocycles. The molecule has 0 heterocycles. The van der Waals surface area contributed by atoms with E-state index in [0.717, 1.165) is 9.87 Å². The summed E-state index contributed by atoms with van der Waals surface area (Å²) in [5.41, 5.74) is 1.65. The Morgan fingerprint density at radius 2 is 1.66 bits per heavy atom. The number of nitrogens with one attached hydrogen (secondary N) is 1. The Morgan fingerprint density at radius 3 is 2.27 bits per heavy atom. The number of aryl methyl sites for hydroxylation is 1. The van der Waals surface area contributed by atoms with Gasteiger partial charge in [0.15, 0.2) is 0 Å². The van der Waals surface area contributed by atoms with Crippen molar-refractivity contribution >= 4 is 39.1 Å². The summed E-state index contributed by atoms with van der Waals surface area (Å²) in [5, 5.41) is 3.36. The van der Waals surface area contributed by atoms with Gasteiger partial charge in [0.25, 0.3) is 10.0 Å². The molecule has 1 unspecified atom stereocenters. The number of hydrogen-bond donors (Lipinski definition) is 1. The van der Waals surface area contributed by atoms with Crippen LogP contribution in [0.3, 0.4) is 0 Å². The van der Waals surface area contributed by atoms with Crippen molar-refractivity contribution in [2.75, 3.05) is 24.5 Å². The van der Waals surface area contributed by atoms with E-state index in [4.69, 9.17) is 16.3 Å². The summed E-state index contributed by atoms with van der Waals surface area (Å²) < 4.78 is 34.6. The molecule has 8 nitrogen and oxygen atoms in total. The molecule has 1 atom stereocenters. The van der Waals surface area contributed by atoms with Gasteiger partial charge in [-0.05, 0) is 60.7 Å². The van der Waals surface area contributed by atoms with E-state index in [0.29, 0.717) is 29.3 Å². The summed E-state index contributed by atoms with van der Waals surface area (Å²) in [6, 6.07) is 19.3. The van der Waals surface area contributed by atoms with Gasteiger partial charge < -0.3 is 15.0 Å². The summed E-state index contributed by atoms with van der Waals surface area (Å²) in [5.74, 6) is -0.363. The first-order valence-corrected chi connectivity index (χ1v) is 15.3. The first-order valence-electron chi connectivity index (χ1n) is 13.5. The SMILES string of the molecule is CCC(C(=O)NCC(C)C)N(Cc1ccccc1Cl)C(=O)CN(c1cc(C)ccc1OC)S(=O)(=O)c1ccccc1. The first-order chi connectivity index (χ1) is 19.5. The third-order valence-electron chi connectivity index (χ3n) is 6.58. The summed E-state index contributed by atoms with van der Waals surface area (Å²) >= 11 is 6.45.